The number of ether oxygens (including phenoxy) is 3. The van der Waals surface area contributed by atoms with Crippen LogP contribution >= 0.6 is 0 Å². The van der Waals surface area contributed by atoms with Crippen molar-refractivity contribution in [1.82, 2.24) is 5.39 Å². The van der Waals surface area contributed by atoms with Crippen LogP contribution in [0.3, 0.4) is 0 Å². The molecule has 2 heterocycles. The minimum Gasteiger partial charge on any atom is -0.481 e. The second-order valence-corrected chi connectivity index (χ2v) is 4.41. The van der Waals surface area contributed by atoms with Gasteiger partial charge in [0.25, 0.3) is 0 Å². The third-order valence-corrected chi connectivity index (χ3v) is 3.02. The van der Waals surface area contributed by atoms with E-state index in [1.54, 1.807) is 0 Å². The summed E-state index contributed by atoms with van der Waals surface area (Å²) in [6.07, 6.45) is -3.09. The molecule has 0 aromatic rings. The highest BCUT2D eigenvalue weighted by molar-refractivity contribution is 5.76. The average Bonchev–Trinajstić information content (AvgIpc) is 2.91. The Labute approximate surface area is 113 Å². The predicted octanol–water partition coefficient (Wildman–Crippen LogP) is -1.06. The number of nitrogens with zero attached hydrogens (tertiary/aromatic N) is 1. The standard InChI is InChI=1S/C10H15NO9/c12-7(13)1-2-8(14)19-5-3-17-10-6(20-11(15)16)4-18-9(5)10/h5-6,9-10,15-16H,1-4H2,(H,12,13)/t5-,6+,9+,10+/m0/s1. The zero-order valence-electron chi connectivity index (χ0n) is 10.4. The third kappa shape index (κ3) is 3.62. The van der Waals surface area contributed by atoms with Gasteiger partial charge in [0, 0.05) is 0 Å². The van der Waals surface area contributed by atoms with E-state index in [1.165, 1.54) is 0 Å². The summed E-state index contributed by atoms with van der Waals surface area (Å²) in [5, 5.41) is 25.2. The zero-order chi connectivity index (χ0) is 14.7. The first-order valence-electron chi connectivity index (χ1n) is 5.96. The summed E-state index contributed by atoms with van der Waals surface area (Å²) in [7, 11) is 0. The molecule has 3 N–H and O–H groups in total. The fourth-order valence-electron chi connectivity index (χ4n) is 2.18. The molecule has 0 unspecified atom stereocenters. The topological polar surface area (TPSA) is 135 Å². The first kappa shape index (κ1) is 15.1. The number of rotatable bonds is 6. The molecule has 0 bridgehead atoms. The molecule has 4 atom stereocenters. The summed E-state index contributed by atoms with van der Waals surface area (Å²) in [5.41, 5.74) is 0. The molecule has 2 fully saturated rings. The number of carboxylic acid groups (broad SMARTS) is 1. The van der Waals surface area contributed by atoms with Crippen LogP contribution in [-0.2, 0) is 28.6 Å². The van der Waals surface area contributed by atoms with E-state index in [9.17, 15) is 9.59 Å². The Morgan fingerprint density at radius 1 is 1.10 bits per heavy atom. The molecule has 20 heavy (non-hydrogen) atoms. The fraction of sp³-hybridized carbons (Fsp3) is 0.800. The number of carboxylic acids is 1. The van der Waals surface area contributed by atoms with E-state index in [0.29, 0.717) is 0 Å². The van der Waals surface area contributed by atoms with Gasteiger partial charge in [0.05, 0.1) is 31.4 Å². The molecule has 0 aromatic carbocycles. The summed E-state index contributed by atoms with van der Waals surface area (Å²) in [4.78, 5) is 26.4. The highest BCUT2D eigenvalue weighted by atomic mass is 17.1. The number of hydrogen-bond donors (Lipinski definition) is 3. The largest absolute Gasteiger partial charge is 0.481 e. The van der Waals surface area contributed by atoms with Crippen LogP contribution in [0.2, 0.25) is 0 Å². The van der Waals surface area contributed by atoms with Gasteiger partial charge in [-0.3, -0.25) is 20.0 Å². The lowest BCUT2D eigenvalue weighted by Gasteiger charge is -2.17. The molecule has 2 saturated heterocycles. The molecule has 0 amide bonds. The lowest BCUT2D eigenvalue weighted by atomic mass is 10.1. The van der Waals surface area contributed by atoms with E-state index >= 15 is 0 Å². The molecule has 2 rings (SSSR count). The third-order valence-electron chi connectivity index (χ3n) is 3.02. The van der Waals surface area contributed by atoms with E-state index in [4.69, 9.17) is 29.7 Å². The molecule has 10 heteroatoms. The molecule has 2 aliphatic rings. The lowest BCUT2D eigenvalue weighted by Crippen LogP contribution is -2.37. The molecule has 0 aromatic heterocycles. The van der Waals surface area contributed by atoms with Crippen LogP contribution < -0.4 is 0 Å². The summed E-state index contributed by atoms with van der Waals surface area (Å²) >= 11 is 0. The smallest absolute Gasteiger partial charge is 0.306 e. The lowest BCUT2D eigenvalue weighted by molar-refractivity contribution is -0.507. The van der Waals surface area contributed by atoms with Crippen LogP contribution in [0.15, 0.2) is 0 Å². The van der Waals surface area contributed by atoms with Crippen LogP contribution in [0.5, 0.6) is 0 Å². The van der Waals surface area contributed by atoms with Gasteiger partial charge in [0.2, 0.25) is 0 Å². The van der Waals surface area contributed by atoms with E-state index in [1.807, 2.05) is 0 Å². The molecule has 0 radical (unpaired) electrons. The minimum atomic E-state index is -1.08. The van der Waals surface area contributed by atoms with Crippen LogP contribution in [0, 0.1) is 0 Å². The van der Waals surface area contributed by atoms with Crippen molar-refractivity contribution in [2.75, 3.05) is 13.2 Å². The van der Waals surface area contributed by atoms with Gasteiger partial charge >= 0.3 is 11.9 Å². The van der Waals surface area contributed by atoms with Gasteiger partial charge in [0.1, 0.15) is 18.3 Å². The quantitative estimate of drug-likeness (QED) is 0.410. The minimum absolute atomic E-state index is 0.0517. The Morgan fingerprint density at radius 2 is 1.70 bits per heavy atom. The number of esters is 1. The number of aliphatic carboxylic acids is 1. The van der Waals surface area contributed by atoms with Gasteiger partial charge in [-0.2, -0.15) is 0 Å². The molecule has 114 valence electrons. The van der Waals surface area contributed by atoms with Crippen molar-refractivity contribution in [2.24, 2.45) is 0 Å². The number of hydrogen-bond acceptors (Lipinski definition) is 9. The van der Waals surface area contributed by atoms with Crippen molar-refractivity contribution < 1.29 is 44.2 Å². The van der Waals surface area contributed by atoms with Gasteiger partial charge in [-0.05, 0) is 0 Å². The van der Waals surface area contributed by atoms with Crippen LogP contribution in [0.4, 0.5) is 0 Å². The van der Waals surface area contributed by atoms with Gasteiger partial charge < -0.3 is 19.3 Å². The Morgan fingerprint density at radius 3 is 2.30 bits per heavy atom. The van der Waals surface area contributed by atoms with E-state index < -0.39 is 41.7 Å². The summed E-state index contributed by atoms with van der Waals surface area (Å²) in [6, 6.07) is 0. The molecule has 0 saturated carbocycles. The van der Waals surface area contributed by atoms with Crippen LogP contribution in [0.1, 0.15) is 12.8 Å². The Kier molecular flexibility index (Phi) is 4.86. The van der Waals surface area contributed by atoms with Crippen molar-refractivity contribution in [1.29, 1.82) is 0 Å². The first-order valence-corrected chi connectivity index (χ1v) is 5.96. The SMILES string of the molecule is O=C(O)CCC(=O)O[C@H]1CO[C@H]2[C@@H]1OC[C@H]2ON(O)O. The molecular formula is C10H15NO9. The van der Waals surface area contributed by atoms with Crippen LogP contribution in [0.25, 0.3) is 0 Å². The van der Waals surface area contributed by atoms with E-state index in [2.05, 4.69) is 4.84 Å². The van der Waals surface area contributed by atoms with Crippen LogP contribution in [-0.4, -0.2) is 70.5 Å². The van der Waals surface area contributed by atoms with Crippen molar-refractivity contribution >= 4 is 11.9 Å². The van der Waals surface area contributed by atoms with Gasteiger partial charge in [-0.1, -0.05) is 0 Å². The number of carbonyl (C=O) groups is 2. The summed E-state index contributed by atoms with van der Waals surface area (Å²) in [6.45, 7) is 0.126. The van der Waals surface area contributed by atoms with Gasteiger partial charge in [0.15, 0.2) is 6.10 Å². The maximum absolute atomic E-state index is 11.4. The molecule has 0 aliphatic carbocycles. The average molecular weight is 293 g/mol. The number of carbonyl (C=O) groups excluding carboxylic acids is 1. The van der Waals surface area contributed by atoms with Gasteiger partial charge in [-0.15, -0.1) is 0 Å². The highest BCUT2D eigenvalue weighted by Crippen LogP contribution is 2.30. The first-order chi connectivity index (χ1) is 9.47. The highest BCUT2D eigenvalue weighted by Gasteiger charge is 2.50. The van der Waals surface area contributed by atoms with Crippen molar-refractivity contribution in [3.8, 4) is 0 Å². The van der Waals surface area contributed by atoms with Crippen molar-refractivity contribution in [3.63, 3.8) is 0 Å². The molecule has 0 spiro atoms. The van der Waals surface area contributed by atoms with Crippen molar-refractivity contribution in [3.05, 3.63) is 0 Å². The van der Waals surface area contributed by atoms with Crippen molar-refractivity contribution in [2.45, 2.75) is 37.3 Å². The maximum atomic E-state index is 11.4. The molecular weight excluding hydrogens is 278 g/mol. The summed E-state index contributed by atoms with van der Waals surface area (Å²) in [5.74, 6) is -1.74. The second-order valence-electron chi connectivity index (χ2n) is 4.41. The second kappa shape index (κ2) is 6.43. The van der Waals surface area contributed by atoms with Gasteiger partial charge in [-0.25, -0.2) is 4.84 Å². The number of fused-ring (bicyclic) bond motifs is 1. The van der Waals surface area contributed by atoms with E-state index in [-0.39, 0.29) is 26.1 Å². The maximum Gasteiger partial charge on any atom is 0.306 e. The fourth-order valence-corrected chi connectivity index (χ4v) is 2.18. The van der Waals surface area contributed by atoms with E-state index in [0.717, 1.165) is 0 Å². The predicted molar refractivity (Wildman–Crippen MR) is 56.5 cm³/mol. The Hall–Kier alpha value is -1.30. The molecule has 10 nitrogen and oxygen atoms in total. The molecule has 2 aliphatic heterocycles. The normalized spacial score (nSPS) is 32.4. The summed E-state index contributed by atoms with van der Waals surface area (Å²) < 4.78 is 15.8. The zero-order valence-corrected chi connectivity index (χ0v) is 10.4. The Bertz CT molecular complexity index is 374. The monoisotopic (exact) mass is 293 g/mol. The Balaban J connectivity index is 1.81.